The van der Waals surface area contributed by atoms with Crippen LogP contribution >= 0.6 is 23.2 Å². The highest BCUT2D eigenvalue weighted by Crippen LogP contribution is 2.30. The maximum Gasteiger partial charge on any atom is 0.269 e. The Kier molecular flexibility index (Phi) is 5.98. The molecule has 0 aliphatic rings. The molecule has 1 aromatic heterocycles. The van der Waals surface area contributed by atoms with Crippen LogP contribution in [0.1, 0.15) is 5.76 Å². The minimum Gasteiger partial charge on any atom is -0.457 e. The largest absolute Gasteiger partial charge is 0.457 e. The van der Waals surface area contributed by atoms with E-state index >= 15 is 0 Å². The van der Waals surface area contributed by atoms with Gasteiger partial charge >= 0.3 is 0 Å². The minimum absolute atomic E-state index is 0.107. The van der Waals surface area contributed by atoms with E-state index in [1.54, 1.807) is 30.3 Å². The van der Waals surface area contributed by atoms with Crippen molar-refractivity contribution >= 4 is 46.6 Å². The molecule has 1 heterocycles. The molecule has 0 radical (unpaired) electrons. The predicted molar refractivity (Wildman–Crippen MR) is 109 cm³/mol. The van der Waals surface area contributed by atoms with Crippen molar-refractivity contribution in [2.75, 3.05) is 5.32 Å². The SMILES string of the molecule is N#C/C(=C\c1ccc(-c2ccc(Cl)c(Cl)c2)o1)C(=O)Nc1ccc([N+](=O)[O-])cc1. The summed E-state index contributed by atoms with van der Waals surface area (Å²) < 4.78 is 5.66. The number of anilines is 1. The van der Waals surface area contributed by atoms with Crippen LogP contribution in [0.4, 0.5) is 11.4 Å². The highest BCUT2D eigenvalue weighted by molar-refractivity contribution is 6.42. The van der Waals surface area contributed by atoms with Crippen LogP contribution in [0.5, 0.6) is 0 Å². The Balaban J connectivity index is 1.78. The van der Waals surface area contributed by atoms with Gasteiger partial charge in [-0.15, -0.1) is 0 Å². The van der Waals surface area contributed by atoms with Crippen LogP contribution < -0.4 is 5.32 Å². The van der Waals surface area contributed by atoms with Crippen LogP contribution in [0, 0.1) is 21.4 Å². The number of nitrogens with one attached hydrogen (secondary N) is 1. The second-order valence-corrected chi connectivity index (χ2v) is 6.57. The van der Waals surface area contributed by atoms with Crippen LogP contribution in [0.2, 0.25) is 10.0 Å². The van der Waals surface area contributed by atoms with Crippen molar-refractivity contribution in [2.45, 2.75) is 0 Å². The second-order valence-electron chi connectivity index (χ2n) is 5.76. The Morgan fingerprint density at radius 3 is 2.45 bits per heavy atom. The molecule has 0 unspecified atom stereocenters. The Bertz CT molecular complexity index is 1160. The average Bonchev–Trinajstić information content (AvgIpc) is 3.17. The summed E-state index contributed by atoms with van der Waals surface area (Å²) in [6, 6.07) is 15.3. The zero-order valence-electron chi connectivity index (χ0n) is 14.6. The van der Waals surface area contributed by atoms with Gasteiger partial charge in [0.1, 0.15) is 23.2 Å². The van der Waals surface area contributed by atoms with Crippen molar-refractivity contribution in [3.8, 4) is 17.4 Å². The predicted octanol–water partition coefficient (Wildman–Crippen LogP) is 5.71. The third kappa shape index (κ3) is 4.82. The number of nitro benzene ring substituents is 1. The summed E-state index contributed by atoms with van der Waals surface area (Å²) in [4.78, 5) is 22.4. The normalized spacial score (nSPS) is 11.0. The first-order chi connectivity index (χ1) is 13.9. The number of carbonyl (C=O) groups excluding carboxylic acids is 1. The van der Waals surface area contributed by atoms with Crippen molar-refractivity contribution in [1.82, 2.24) is 0 Å². The first-order valence-electron chi connectivity index (χ1n) is 8.10. The Hall–Kier alpha value is -3.60. The third-order valence-corrected chi connectivity index (χ3v) is 4.56. The molecule has 3 rings (SSSR count). The summed E-state index contributed by atoms with van der Waals surface area (Å²) in [5, 5.41) is 23.3. The minimum atomic E-state index is -0.672. The molecular weight excluding hydrogens is 417 g/mol. The number of non-ortho nitro benzene ring substituents is 1. The van der Waals surface area contributed by atoms with E-state index in [1.165, 1.54) is 30.3 Å². The molecule has 0 aliphatic heterocycles. The van der Waals surface area contributed by atoms with Crippen molar-refractivity contribution in [1.29, 1.82) is 5.26 Å². The lowest BCUT2D eigenvalue weighted by atomic mass is 10.2. The first-order valence-corrected chi connectivity index (χ1v) is 8.86. The highest BCUT2D eigenvalue weighted by atomic mass is 35.5. The fraction of sp³-hybridized carbons (Fsp3) is 0. The van der Waals surface area contributed by atoms with Crippen LogP contribution in [0.25, 0.3) is 17.4 Å². The lowest BCUT2D eigenvalue weighted by Crippen LogP contribution is -2.13. The standard InChI is InChI=1S/C20H11Cl2N3O4/c21-17-7-1-12(10-18(17)22)19-8-6-16(29-19)9-13(11-23)20(26)24-14-2-4-15(5-3-14)25(27)28/h1-10H,(H,24,26)/b13-9+. The number of nitriles is 1. The van der Waals surface area contributed by atoms with Crippen molar-refractivity contribution < 1.29 is 14.1 Å². The van der Waals surface area contributed by atoms with E-state index < -0.39 is 10.8 Å². The van der Waals surface area contributed by atoms with Gasteiger partial charge in [0.05, 0.1) is 15.0 Å². The van der Waals surface area contributed by atoms with Crippen molar-refractivity contribution in [3.63, 3.8) is 0 Å². The summed E-state index contributed by atoms with van der Waals surface area (Å²) in [7, 11) is 0. The Morgan fingerprint density at radius 2 is 1.83 bits per heavy atom. The zero-order chi connectivity index (χ0) is 21.0. The third-order valence-electron chi connectivity index (χ3n) is 3.82. The first kappa shape index (κ1) is 20.1. The Morgan fingerprint density at radius 1 is 1.10 bits per heavy atom. The molecule has 1 N–H and O–H groups in total. The molecule has 0 aliphatic carbocycles. The maximum absolute atomic E-state index is 12.3. The molecular formula is C20H11Cl2N3O4. The lowest BCUT2D eigenvalue weighted by molar-refractivity contribution is -0.384. The number of rotatable bonds is 5. The van der Waals surface area contributed by atoms with Crippen LogP contribution in [0.3, 0.4) is 0 Å². The molecule has 3 aromatic rings. The number of nitro groups is 1. The number of hydrogen-bond donors (Lipinski definition) is 1. The van der Waals surface area contributed by atoms with E-state index in [4.69, 9.17) is 27.6 Å². The average molecular weight is 428 g/mol. The molecule has 0 atom stereocenters. The molecule has 0 spiro atoms. The number of hydrogen-bond acceptors (Lipinski definition) is 5. The number of nitrogens with zero attached hydrogens (tertiary/aromatic N) is 2. The quantitative estimate of drug-likeness (QED) is 0.242. The van der Waals surface area contributed by atoms with E-state index in [0.29, 0.717) is 32.8 Å². The molecule has 1 amide bonds. The van der Waals surface area contributed by atoms with E-state index in [9.17, 15) is 20.2 Å². The molecule has 29 heavy (non-hydrogen) atoms. The van der Waals surface area contributed by atoms with E-state index in [1.807, 2.05) is 6.07 Å². The van der Waals surface area contributed by atoms with E-state index in [2.05, 4.69) is 5.32 Å². The molecule has 2 aromatic carbocycles. The second kappa shape index (κ2) is 8.61. The van der Waals surface area contributed by atoms with Crippen LogP contribution in [-0.4, -0.2) is 10.8 Å². The summed E-state index contributed by atoms with van der Waals surface area (Å²) >= 11 is 11.9. The van der Waals surface area contributed by atoms with Crippen molar-refractivity contribution in [3.05, 3.63) is 86.1 Å². The Labute approximate surface area is 174 Å². The van der Waals surface area contributed by atoms with Crippen LogP contribution in [0.15, 0.2) is 64.6 Å². The number of furan rings is 1. The van der Waals surface area contributed by atoms with Gasteiger partial charge < -0.3 is 9.73 Å². The van der Waals surface area contributed by atoms with Gasteiger partial charge in [-0.05, 0) is 42.5 Å². The van der Waals surface area contributed by atoms with Gasteiger partial charge in [0, 0.05) is 29.5 Å². The number of benzene rings is 2. The molecule has 0 bridgehead atoms. The molecule has 0 saturated heterocycles. The molecule has 0 saturated carbocycles. The lowest BCUT2D eigenvalue weighted by Gasteiger charge is -2.03. The number of amides is 1. The smallest absolute Gasteiger partial charge is 0.269 e. The van der Waals surface area contributed by atoms with Gasteiger partial charge in [-0.1, -0.05) is 23.2 Å². The number of carbonyl (C=O) groups is 1. The zero-order valence-corrected chi connectivity index (χ0v) is 16.1. The fourth-order valence-electron chi connectivity index (χ4n) is 2.39. The van der Waals surface area contributed by atoms with Gasteiger partial charge in [-0.3, -0.25) is 14.9 Å². The van der Waals surface area contributed by atoms with E-state index in [-0.39, 0.29) is 11.3 Å². The summed E-state index contributed by atoms with van der Waals surface area (Å²) in [6.07, 6.45) is 1.29. The van der Waals surface area contributed by atoms with Gasteiger partial charge in [0.15, 0.2) is 0 Å². The van der Waals surface area contributed by atoms with Gasteiger partial charge in [-0.2, -0.15) is 5.26 Å². The molecule has 144 valence electrons. The monoisotopic (exact) mass is 427 g/mol. The molecule has 0 fully saturated rings. The van der Waals surface area contributed by atoms with Gasteiger partial charge in [0.2, 0.25) is 0 Å². The summed E-state index contributed by atoms with van der Waals surface area (Å²) in [5.41, 5.74) is 0.702. The molecule has 7 nitrogen and oxygen atoms in total. The fourth-order valence-corrected chi connectivity index (χ4v) is 2.69. The van der Waals surface area contributed by atoms with Crippen LogP contribution in [-0.2, 0) is 4.79 Å². The van der Waals surface area contributed by atoms with E-state index in [0.717, 1.165) is 0 Å². The molecule has 9 heteroatoms. The summed E-state index contributed by atoms with van der Waals surface area (Å²) in [5.74, 6) is 0.109. The van der Waals surface area contributed by atoms with Crippen molar-refractivity contribution in [2.24, 2.45) is 0 Å². The van der Waals surface area contributed by atoms with Gasteiger partial charge in [-0.25, -0.2) is 0 Å². The highest BCUT2D eigenvalue weighted by Gasteiger charge is 2.13. The topological polar surface area (TPSA) is 109 Å². The number of halogens is 2. The maximum atomic E-state index is 12.3. The van der Waals surface area contributed by atoms with Gasteiger partial charge in [0.25, 0.3) is 11.6 Å². The summed E-state index contributed by atoms with van der Waals surface area (Å²) in [6.45, 7) is 0.